The molecule has 1 heterocycles. The summed E-state index contributed by atoms with van der Waals surface area (Å²) in [6.45, 7) is 8.13. The molecule has 9 aromatic rings. The van der Waals surface area contributed by atoms with E-state index in [9.17, 15) is 5.26 Å². The molecule has 0 saturated carbocycles. The lowest BCUT2D eigenvalue weighted by Gasteiger charge is -2.19. The van der Waals surface area contributed by atoms with Gasteiger partial charge in [0.05, 0.1) is 29.2 Å². The van der Waals surface area contributed by atoms with Crippen LogP contribution in [0.4, 0.5) is 5.69 Å². The van der Waals surface area contributed by atoms with Gasteiger partial charge in [-0.1, -0.05) is 127 Å². The maximum atomic E-state index is 10.4. The lowest BCUT2D eigenvalue weighted by atomic mass is 9.84. The van der Waals surface area contributed by atoms with Crippen LogP contribution in [0.2, 0.25) is 0 Å². The van der Waals surface area contributed by atoms with Crippen LogP contribution in [0.15, 0.2) is 164 Å². The van der Waals surface area contributed by atoms with Gasteiger partial charge in [-0.05, 0) is 91.3 Å². The molecule has 0 amide bonds. The molecule has 8 aromatic carbocycles. The van der Waals surface area contributed by atoms with Crippen LogP contribution in [-0.2, 0) is 0 Å². The first-order chi connectivity index (χ1) is 24.2. The Morgan fingerprint density at radius 3 is 1.45 bits per heavy atom. The number of nitriles is 1. The molecule has 0 aliphatic carbocycles. The van der Waals surface area contributed by atoms with Gasteiger partial charge in [-0.3, -0.25) is 0 Å². The maximum absolute atomic E-state index is 10.4. The zero-order valence-electron chi connectivity index (χ0n) is 26.4. The zero-order valence-corrected chi connectivity index (χ0v) is 26.4. The molecule has 3 nitrogen and oxygen atoms in total. The molecule has 226 valence electrons. The second kappa shape index (κ2) is 11.4. The van der Waals surface area contributed by atoms with Gasteiger partial charge < -0.3 is 4.57 Å². The number of aromatic nitrogens is 1. The van der Waals surface area contributed by atoms with E-state index in [1.807, 2.05) is 12.1 Å². The summed E-state index contributed by atoms with van der Waals surface area (Å²) in [6.07, 6.45) is 0. The molecule has 49 heavy (non-hydrogen) atoms. The molecule has 0 bridgehead atoms. The van der Waals surface area contributed by atoms with Gasteiger partial charge in [0.15, 0.2) is 0 Å². The molecule has 0 fully saturated rings. The Morgan fingerprint density at radius 1 is 0.469 bits per heavy atom. The third-order valence-corrected chi connectivity index (χ3v) is 9.65. The second-order valence-electron chi connectivity index (χ2n) is 12.3. The monoisotopic (exact) mass is 621 g/mol. The minimum atomic E-state index is 0.349. The average molecular weight is 622 g/mol. The Labute approximate surface area is 284 Å². The third-order valence-electron chi connectivity index (χ3n) is 9.65. The Kier molecular flexibility index (Phi) is 6.58. The van der Waals surface area contributed by atoms with Crippen LogP contribution in [0.5, 0.6) is 0 Å². The number of para-hydroxylation sites is 2. The standard InChI is InChI=1S/C46H27N3/c1-48-42-28-32(46-38-19-7-5-17-36(38)45(31-13-3-2-4-14-31)37-18-6-8-20-39(37)46)27-40(41(42)29-47)30-23-25-33(26-24-30)49-43-21-11-9-15-34(43)35-16-10-12-22-44(35)49/h2-28H. The molecule has 0 aliphatic heterocycles. The van der Waals surface area contributed by atoms with Crippen molar-refractivity contribution in [2.24, 2.45) is 0 Å². The van der Waals surface area contributed by atoms with Crippen molar-refractivity contribution in [2.45, 2.75) is 0 Å². The largest absolute Gasteiger partial charge is 0.309 e. The van der Waals surface area contributed by atoms with Crippen molar-refractivity contribution >= 4 is 49.0 Å². The summed E-state index contributed by atoms with van der Waals surface area (Å²) < 4.78 is 2.28. The molecule has 0 atom stereocenters. The van der Waals surface area contributed by atoms with E-state index >= 15 is 0 Å². The lowest BCUT2D eigenvalue weighted by Crippen LogP contribution is -1.95. The Morgan fingerprint density at radius 2 is 0.939 bits per heavy atom. The summed E-state index contributed by atoms with van der Waals surface area (Å²) >= 11 is 0. The summed E-state index contributed by atoms with van der Waals surface area (Å²) in [4.78, 5) is 3.89. The van der Waals surface area contributed by atoms with Crippen LogP contribution in [0, 0.1) is 17.9 Å². The average Bonchev–Trinajstić information content (AvgIpc) is 3.51. The van der Waals surface area contributed by atoms with E-state index in [-0.39, 0.29) is 0 Å². The van der Waals surface area contributed by atoms with Gasteiger partial charge in [-0.2, -0.15) is 5.26 Å². The molecular formula is C46H27N3. The van der Waals surface area contributed by atoms with E-state index in [4.69, 9.17) is 6.57 Å². The third kappa shape index (κ3) is 4.42. The number of nitrogens with zero attached hydrogens (tertiary/aromatic N) is 3. The van der Waals surface area contributed by atoms with E-state index in [1.54, 1.807) is 0 Å². The molecule has 0 unspecified atom stereocenters. The van der Waals surface area contributed by atoms with Crippen molar-refractivity contribution < 1.29 is 0 Å². The smallest absolute Gasteiger partial charge is 0.205 e. The van der Waals surface area contributed by atoms with Crippen LogP contribution in [0.3, 0.4) is 0 Å². The van der Waals surface area contributed by atoms with E-state index < -0.39 is 0 Å². The van der Waals surface area contributed by atoms with E-state index in [0.29, 0.717) is 11.3 Å². The highest BCUT2D eigenvalue weighted by atomic mass is 15.0. The molecular weight excluding hydrogens is 595 g/mol. The Balaban J connectivity index is 1.27. The van der Waals surface area contributed by atoms with Crippen molar-refractivity contribution in [1.82, 2.24) is 4.57 Å². The minimum Gasteiger partial charge on any atom is -0.309 e. The summed E-state index contributed by atoms with van der Waals surface area (Å²) in [5.74, 6) is 0. The van der Waals surface area contributed by atoms with Crippen molar-refractivity contribution in [1.29, 1.82) is 5.26 Å². The van der Waals surface area contributed by atoms with E-state index in [1.165, 1.54) is 16.3 Å². The maximum Gasteiger partial charge on any atom is 0.205 e. The topological polar surface area (TPSA) is 33.1 Å². The summed E-state index contributed by atoms with van der Waals surface area (Å²) in [6, 6.07) is 59.2. The van der Waals surface area contributed by atoms with Crippen LogP contribution in [0.1, 0.15) is 5.56 Å². The first-order valence-electron chi connectivity index (χ1n) is 16.3. The first-order valence-corrected chi connectivity index (χ1v) is 16.3. The normalized spacial score (nSPS) is 11.2. The number of fused-ring (bicyclic) bond motifs is 5. The predicted molar refractivity (Wildman–Crippen MR) is 203 cm³/mol. The van der Waals surface area contributed by atoms with Gasteiger partial charge in [0.2, 0.25) is 5.69 Å². The molecule has 0 radical (unpaired) electrons. The SMILES string of the molecule is [C-]#[N+]c1cc(-c2c3ccccc3c(-c3ccccc3)c3ccccc23)cc(-c2ccc(-n3c4ccccc4c4ccccc43)cc2)c1C#N. The number of rotatable bonds is 4. The van der Waals surface area contributed by atoms with Crippen molar-refractivity contribution in [3.63, 3.8) is 0 Å². The van der Waals surface area contributed by atoms with Gasteiger partial charge in [0.1, 0.15) is 0 Å². The Hall–Kier alpha value is -6.94. The predicted octanol–water partition coefficient (Wildman–Crippen LogP) is 12.5. The second-order valence-corrected chi connectivity index (χ2v) is 12.3. The number of hydrogen-bond donors (Lipinski definition) is 0. The fourth-order valence-corrected chi connectivity index (χ4v) is 7.55. The van der Waals surface area contributed by atoms with Crippen LogP contribution < -0.4 is 0 Å². The molecule has 3 heteroatoms. The zero-order chi connectivity index (χ0) is 32.9. The molecule has 0 saturated heterocycles. The molecule has 0 N–H and O–H groups in total. The van der Waals surface area contributed by atoms with E-state index in [2.05, 4.69) is 167 Å². The lowest BCUT2D eigenvalue weighted by molar-refractivity contribution is 1.18. The van der Waals surface area contributed by atoms with Gasteiger partial charge in [0, 0.05) is 16.5 Å². The highest BCUT2D eigenvalue weighted by Crippen LogP contribution is 2.46. The highest BCUT2D eigenvalue weighted by molar-refractivity contribution is 6.21. The molecule has 1 aromatic heterocycles. The van der Waals surface area contributed by atoms with Crippen molar-refractivity contribution in [3.05, 3.63) is 181 Å². The molecule has 0 spiro atoms. The fraction of sp³-hybridized carbons (Fsp3) is 0. The summed E-state index contributed by atoms with van der Waals surface area (Å²) in [7, 11) is 0. The fourth-order valence-electron chi connectivity index (χ4n) is 7.55. The molecule has 9 rings (SSSR count). The number of benzene rings is 8. The molecule has 0 aliphatic rings. The van der Waals surface area contributed by atoms with Gasteiger partial charge in [0.25, 0.3) is 0 Å². The number of hydrogen-bond acceptors (Lipinski definition) is 1. The van der Waals surface area contributed by atoms with Crippen LogP contribution in [0.25, 0.3) is 87.3 Å². The van der Waals surface area contributed by atoms with Crippen LogP contribution >= 0.6 is 0 Å². The summed E-state index contributed by atoms with van der Waals surface area (Å²) in [5.41, 5.74) is 10.0. The van der Waals surface area contributed by atoms with Gasteiger partial charge >= 0.3 is 0 Å². The van der Waals surface area contributed by atoms with Crippen molar-refractivity contribution in [2.75, 3.05) is 0 Å². The van der Waals surface area contributed by atoms with Gasteiger partial charge in [-0.25, -0.2) is 4.85 Å². The van der Waals surface area contributed by atoms with Gasteiger partial charge in [-0.15, -0.1) is 0 Å². The Bertz CT molecular complexity index is 2720. The summed E-state index contributed by atoms with van der Waals surface area (Å²) in [5, 5.41) is 17.3. The first kappa shape index (κ1) is 28.3. The van der Waals surface area contributed by atoms with Crippen molar-refractivity contribution in [3.8, 4) is 45.1 Å². The quantitative estimate of drug-likeness (QED) is 0.142. The minimum absolute atomic E-state index is 0.349. The van der Waals surface area contributed by atoms with E-state index in [0.717, 1.165) is 66.1 Å². The van der Waals surface area contributed by atoms with Crippen LogP contribution in [-0.4, -0.2) is 4.57 Å². The highest BCUT2D eigenvalue weighted by Gasteiger charge is 2.20.